The van der Waals surface area contributed by atoms with E-state index in [1.165, 1.54) is 25.8 Å². The highest BCUT2D eigenvalue weighted by atomic mass is 16.4. The van der Waals surface area contributed by atoms with Crippen molar-refractivity contribution in [1.82, 2.24) is 10.2 Å². The van der Waals surface area contributed by atoms with Crippen molar-refractivity contribution in [2.75, 3.05) is 20.1 Å². The summed E-state index contributed by atoms with van der Waals surface area (Å²) in [6, 6.07) is -0.969. The molecule has 0 aliphatic heterocycles. The maximum absolute atomic E-state index is 11.9. The summed E-state index contributed by atoms with van der Waals surface area (Å²) >= 11 is 0. The van der Waals surface area contributed by atoms with E-state index in [0.717, 1.165) is 0 Å². The van der Waals surface area contributed by atoms with E-state index < -0.39 is 30.1 Å². The summed E-state index contributed by atoms with van der Waals surface area (Å²) in [5.41, 5.74) is 0. The van der Waals surface area contributed by atoms with E-state index in [0.29, 0.717) is 0 Å². The lowest BCUT2D eigenvalue weighted by molar-refractivity contribution is -0.144. The zero-order valence-corrected chi connectivity index (χ0v) is 11.0. The number of carboxylic acid groups (broad SMARTS) is 1. The fraction of sp³-hybridized carbons (Fsp3) is 0.818. The van der Waals surface area contributed by atoms with Gasteiger partial charge in [0.2, 0.25) is 5.91 Å². The van der Waals surface area contributed by atoms with Crippen LogP contribution >= 0.6 is 0 Å². The summed E-state index contributed by atoms with van der Waals surface area (Å²) in [7, 11) is 1.46. The molecule has 18 heavy (non-hydrogen) atoms. The van der Waals surface area contributed by atoms with Gasteiger partial charge in [-0.2, -0.15) is 0 Å². The Balaban J connectivity index is 4.58. The molecule has 0 aromatic heterocycles. The smallest absolute Gasteiger partial charge is 0.321 e. The van der Waals surface area contributed by atoms with E-state index in [4.69, 9.17) is 5.11 Å². The second kappa shape index (κ2) is 8.02. The molecule has 0 bridgehead atoms. The Kier molecular flexibility index (Phi) is 7.49. The topological polar surface area (TPSA) is 110 Å². The van der Waals surface area contributed by atoms with Crippen molar-refractivity contribution in [2.24, 2.45) is 0 Å². The molecule has 0 aromatic carbocycles. The molecule has 0 aliphatic carbocycles. The van der Waals surface area contributed by atoms with E-state index in [-0.39, 0.29) is 19.5 Å². The molecule has 3 unspecified atom stereocenters. The van der Waals surface area contributed by atoms with E-state index in [1.54, 1.807) is 0 Å². The Morgan fingerprint density at radius 1 is 1.17 bits per heavy atom. The molecule has 4 N–H and O–H groups in total. The first-order valence-electron chi connectivity index (χ1n) is 5.81. The number of amides is 1. The van der Waals surface area contributed by atoms with E-state index in [1.807, 2.05) is 0 Å². The molecule has 106 valence electrons. The van der Waals surface area contributed by atoms with Gasteiger partial charge in [0.25, 0.3) is 0 Å². The first-order valence-corrected chi connectivity index (χ1v) is 5.81. The summed E-state index contributed by atoms with van der Waals surface area (Å²) in [5.74, 6) is -1.53. The largest absolute Gasteiger partial charge is 0.480 e. The highest BCUT2D eigenvalue weighted by Gasteiger charge is 2.24. The van der Waals surface area contributed by atoms with E-state index in [9.17, 15) is 19.8 Å². The van der Waals surface area contributed by atoms with Gasteiger partial charge in [-0.05, 0) is 20.9 Å². The lowest BCUT2D eigenvalue weighted by Gasteiger charge is -2.26. The summed E-state index contributed by atoms with van der Waals surface area (Å²) < 4.78 is 0. The van der Waals surface area contributed by atoms with Gasteiger partial charge in [-0.1, -0.05) is 0 Å². The number of hydrogen-bond acceptors (Lipinski definition) is 5. The van der Waals surface area contributed by atoms with Gasteiger partial charge in [-0.3, -0.25) is 9.59 Å². The Hall–Kier alpha value is -1.18. The van der Waals surface area contributed by atoms with Gasteiger partial charge in [0, 0.05) is 13.1 Å². The second-order valence-electron chi connectivity index (χ2n) is 4.38. The van der Waals surface area contributed by atoms with Gasteiger partial charge < -0.3 is 25.5 Å². The SMILES string of the molecule is CNC(CC(=O)N(CC(C)O)CC(C)O)C(=O)O. The maximum atomic E-state index is 11.9. The molecule has 0 rings (SSSR count). The summed E-state index contributed by atoms with van der Waals surface area (Å²) in [4.78, 5) is 24.0. The first-order chi connectivity index (χ1) is 8.27. The van der Waals surface area contributed by atoms with Crippen molar-refractivity contribution >= 4 is 11.9 Å². The Morgan fingerprint density at radius 2 is 1.61 bits per heavy atom. The van der Waals surface area contributed by atoms with Crippen LogP contribution in [0.3, 0.4) is 0 Å². The van der Waals surface area contributed by atoms with E-state index >= 15 is 0 Å². The predicted molar refractivity (Wildman–Crippen MR) is 65.0 cm³/mol. The van der Waals surface area contributed by atoms with Crippen LogP contribution in [0.25, 0.3) is 0 Å². The number of rotatable bonds is 8. The molecule has 0 radical (unpaired) electrons. The minimum Gasteiger partial charge on any atom is -0.480 e. The summed E-state index contributed by atoms with van der Waals surface area (Å²) in [6.07, 6.45) is -1.68. The number of likely N-dealkylation sites (N-methyl/N-ethyl adjacent to an activating group) is 1. The molecule has 0 saturated heterocycles. The van der Waals surface area contributed by atoms with Crippen LogP contribution < -0.4 is 5.32 Å². The number of aliphatic hydroxyl groups excluding tert-OH is 2. The van der Waals surface area contributed by atoms with Gasteiger partial charge in [-0.15, -0.1) is 0 Å². The summed E-state index contributed by atoms with van der Waals surface area (Å²) in [6.45, 7) is 3.18. The second-order valence-corrected chi connectivity index (χ2v) is 4.38. The van der Waals surface area contributed by atoms with Gasteiger partial charge in [-0.25, -0.2) is 0 Å². The Labute approximate surface area is 106 Å². The zero-order chi connectivity index (χ0) is 14.3. The molecule has 0 aromatic rings. The van der Waals surface area contributed by atoms with Crippen molar-refractivity contribution in [1.29, 1.82) is 0 Å². The molecule has 0 heterocycles. The number of carbonyl (C=O) groups excluding carboxylic acids is 1. The number of nitrogens with one attached hydrogen (secondary N) is 1. The molecular formula is C11H22N2O5. The zero-order valence-electron chi connectivity index (χ0n) is 11.0. The normalized spacial score (nSPS) is 15.8. The van der Waals surface area contributed by atoms with Crippen molar-refractivity contribution in [3.8, 4) is 0 Å². The predicted octanol–water partition coefficient (Wildman–Crippen LogP) is -1.36. The highest BCUT2D eigenvalue weighted by molar-refractivity contribution is 5.84. The molecule has 0 fully saturated rings. The number of nitrogens with zero attached hydrogens (tertiary/aromatic N) is 1. The molecule has 7 heteroatoms. The standard InChI is InChI=1S/C11H22N2O5/c1-7(14)5-13(6-8(2)15)10(16)4-9(12-3)11(17)18/h7-9,12,14-15H,4-6H2,1-3H3,(H,17,18). The fourth-order valence-corrected chi connectivity index (χ4v) is 1.53. The highest BCUT2D eigenvalue weighted by Crippen LogP contribution is 2.03. The van der Waals surface area contributed by atoms with Gasteiger partial charge in [0.05, 0.1) is 18.6 Å². The third kappa shape index (κ3) is 6.53. The van der Waals surface area contributed by atoms with Crippen LogP contribution in [-0.4, -0.2) is 70.5 Å². The van der Waals surface area contributed by atoms with Crippen LogP contribution in [0.5, 0.6) is 0 Å². The number of aliphatic hydroxyl groups is 2. The minimum absolute atomic E-state index is 0.0692. The van der Waals surface area contributed by atoms with Crippen LogP contribution in [-0.2, 0) is 9.59 Å². The molecule has 0 spiro atoms. The molecule has 3 atom stereocenters. The number of carbonyl (C=O) groups is 2. The van der Waals surface area contributed by atoms with Crippen LogP contribution in [0, 0.1) is 0 Å². The lowest BCUT2D eigenvalue weighted by atomic mass is 10.1. The molecule has 0 saturated carbocycles. The van der Waals surface area contributed by atoms with Crippen molar-refractivity contribution in [3.05, 3.63) is 0 Å². The van der Waals surface area contributed by atoms with Gasteiger partial charge in [0.15, 0.2) is 0 Å². The molecular weight excluding hydrogens is 240 g/mol. The van der Waals surface area contributed by atoms with Crippen LogP contribution in [0.4, 0.5) is 0 Å². The van der Waals surface area contributed by atoms with Crippen LogP contribution in [0.15, 0.2) is 0 Å². The van der Waals surface area contributed by atoms with Gasteiger partial charge in [0.1, 0.15) is 6.04 Å². The summed E-state index contributed by atoms with van der Waals surface area (Å²) in [5, 5.41) is 29.9. The average Bonchev–Trinajstić information content (AvgIpc) is 2.22. The Morgan fingerprint density at radius 3 is 1.89 bits per heavy atom. The lowest BCUT2D eigenvalue weighted by Crippen LogP contribution is -2.45. The molecule has 0 aliphatic rings. The number of hydrogen-bond donors (Lipinski definition) is 4. The fourth-order valence-electron chi connectivity index (χ4n) is 1.53. The monoisotopic (exact) mass is 262 g/mol. The Bertz CT molecular complexity index is 271. The van der Waals surface area contributed by atoms with Crippen molar-refractivity contribution in [3.63, 3.8) is 0 Å². The third-order valence-corrected chi connectivity index (χ3v) is 2.35. The average molecular weight is 262 g/mol. The van der Waals surface area contributed by atoms with Crippen LogP contribution in [0.2, 0.25) is 0 Å². The van der Waals surface area contributed by atoms with Crippen molar-refractivity contribution < 1.29 is 24.9 Å². The van der Waals surface area contributed by atoms with Crippen LogP contribution in [0.1, 0.15) is 20.3 Å². The van der Waals surface area contributed by atoms with Crippen molar-refractivity contribution in [2.45, 2.75) is 38.5 Å². The maximum Gasteiger partial charge on any atom is 0.321 e. The number of aliphatic carboxylic acids is 1. The minimum atomic E-state index is -1.11. The molecule has 1 amide bonds. The third-order valence-electron chi connectivity index (χ3n) is 2.35. The van der Waals surface area contributed by atoms with Gasteiger partial charge >= 0.3 is 5.97 Å². The first kappa shape index (κ1) is 16.8. The quantitative estimate of drug-likeness (QED) is 0.430. The number of carboxylic acids is 1. The van der Waals surface area contributed by atoms with E-state index in [2.05, 4.69) is 5.32 Å². The molecule has 7 nitrogen and oxygen atoms in total.